The molecule has 1 heterocycles. The number of para-hydroxylation sites is 1. The molecule has 0 aliphatic rings. The molecule has 0 aliphatic heterocycles. The van der Waals surface area contributed by atoms with E-state index in [0.29, 0.717) is 5.16 Å². The molecule has 15 heavy (non-hydrogen) atoms. The van der Waals surface area contributed by atoms with Crippen LogP contribution in [0.5, 0.6) is 0 Å². The van der Waals surface area contributed by atoms with Crippen molar-refractivity contribution in [2.45, 2.75) is 5.16 Å². The molecular formula is C11H10N2OS. The van der Waals surface area contributed by atoms with Crippen molar-refractivity contribution in [2.24, 2.45) is 0 Å². The zero-order valence-corrected chi connectivity index (χ0v) is 9.07. The van der Waals surface area contributed by atoms with E-state index < -0.39 is 0 Å². The summed E-state index contributed by atoms with van der Waals surface area (Å²) in [5.41, 5.74) is 0.792. The van der Waals surface area contributed by atoms with Crippen molar-refractivity contribution in [3.8, 4) is 5.69 Å². The molecule has 2 rings (SSSR count). The summed E-state index contributed by atoms with van der Waals surface area (Å²) >= 11 is 1.46. The fourth-order valence-electron chi connectivity index (χ4n) is 1.35. The maximum absolute atomic E-state index is 11.7. The second kappa shape index (κ2) is 4.31. The van der Waals surface area contributed by atoms with E-state index in [-0.39, 0.29) is 5.56 Å². The molecule has 0 amide bonds. The molecule has 1 aromatic carbocycles. The molecule has 0 aliphatic carbocycles. The van der Waals surface area contributed by atoms with Gasteiger partial charge in [0.05, 0.1) is 5.69 Å². The highest BCUT2D eigenvalue weighted by molar-refractivity contribution is 7.98. The summed E-state index contributed by atoms with van der Waals surface area (Å²) < 4.78 is 1.60. The molecular weight excluding hydrogens is 208 g/mol. The summed E-state index contributed by atoms with van der Waals surface area (Å²) in [5.74, 6) is 0. The maximum Gasteiger partial charge on any atom is 0.258 e. The summed E-state index contributed by atoms with van der Waals surface area (Å²) in [5, 5.41) is 0.703. The zero-order valence-electron chi connectivity index (χ0n) is 8.25. The van der Waals surface area contributed by atoms with E-state index in [4.69, 9.17) is 0 Å². The van der Waals surface area contributed by atoms with Gasteiger partial charge in [0, 0.05) is 12.3 Å². The predicted octanol–water partition coefficient (Wildman–Crippen LogP) is 1.95. The van der Waals surface area contributed by atoms with E-state index in [1.807, 2.05) is 36.6 Å². The van der Waals surface area contributed by atoms with Crippen molar-refractivity contribution in [2.75, 3.05) is 6.26 Å². The minimum Gasteiger partial charge on any atom is -0.269 e. The van der Waals surface area contributed by atoms with Crippen LogP contribution >= 0.6 is 11.8 Å². The summed E-state index contributed by atoms with van der Waals surface area (Å²) in [4.78, 5) is 15.9. The molecule has 0 spiro atoms. The van der Waals surface area contributed by atoms with Crippen LogP contribution in [-0.2, 0) is 0 Å². The maximum atomic E-state index is 11.7. The highest BCUT2D eigenvalue weighted by Crippen LogP contribution is 2.13. The first-order chi connectivity index (χ1) is 7.33. The number of benzene rings is 1. The van der Waals surface area contributed by atoms with Gasteiger partial charge in [0.2, 0.25) is 0 Å². The Kier molecular flexibility index (Phi) is 2.87. The predicted molar refractivity (Wildman–Crippen MR) is 61.6 cm³/mol. The van der Waals surface area contributed by atoms with E-state index in [0.717, 1.165) is 5.69 Å². The van der Waals surface area contributed by atoms with E-state index in [2.05, 4.69) is 4.98 Å². The Morgan fingerprint density at radius 1 is 1.20 bits per heavy atom. The van der Waals surface area contributed by atoms with Crippen LogP contribution in [-0.4, -0.2) is 15.8 Å². The van der Waals surface area contributed by atoms with E-state index in [1.165, 1.54) is 24.0 Å². The van der Waals surface area contributed by atoms with Gasteiger partial charge in [-0.05, 0) is 18.4 Å². The Bertz CT molecular complexity index is 507. The van der Waals surface area contributed by atoms with Crippen molar-refractivity contribution >= 4 is 11.8 Å². The van der Waals surface area contributed by atoms with Gasteiger partial charge in [-0.3, -0.25) is 9.36 Å². The van der Waals surface area contributed by atoms with Crippen molar-refractivity contribution in [1.82, 2.24) is 9.55 Å². The third kappa shape index (κ3) is 1.94. The first kappa shape index (κ1) is 9.98. The van der Waals surface area contributed by atoms with Gasteiger partial charge in [-0.1, -0.05) is 30.0 Å². The summed E-state index contributed by atoms with van der Waals surface area (Å²) in [6.07, 6.45) is 3.44. The van der Waals surface area contributed by atoms with Crippen LogP contribution in [0.3, 0.4) is 0 Å². The Morgan fingerprint density at radius 3 is 2.60 bits per heavy atom. The molecule has 2 aromatic rings. The highest BCUT2D eigenvalue weighted by Gasteiger charge is 2.04. The van der Waals surface area contributed by atoms with Crippen LogP contribution in [0.1, 0.15) is 0 Å². The molecule has 0 saturated carbocycles. The molecule has 4 heteroatoms. The first-order valence-electron chi connectivity index (χ1n) is 4.50. The van der Waals surface area contributed by atoms with Gasteiger partial charge in [-0.2, -0.15) is 0 Å². The van der Waals surface area contributed by atoms with Crippen LogP contribution in [0.2, 0.25) is 0 Å². The van der Waals surface area contributed by atoms with Gasteiger partial charge in [-0.25, -0.2) is 4.98 Å². The van der Waals surface area contributed by atoms with Crippen LogP contribution in [0.4, 0.5) is 0 Å². The molecule has 0 fully saturated rings. The molecule has 0 saturated heterocycles. The number of aromatic nitrogens is 2. The second-order valence-corrected chi connectivity index (χ2v) is 3.71. The molecule has 0 atom stereocenters. The minimum absolute atomic E-state index is 0.0550. The van der Waals surface area contributed by atoms with E-state index >= 15 is 0 Å². The van der Waals surface area contributed by atoms with Gasteiger partial charge in [0.25, 0.3) is 5.56 Å². The number of rotatable bonds is 2. The second-order valence-electron chi connectivity index (χ2n) is 2.94. The zero-order chi connectivity index (χ0) is 10.7. The van der Waals surface area contributed by atoms with Gasteiger partial charge in [-0.15, -0.1) is 0 Å². The summed E-state index contributed by atoms with van der Waals surface area (Å²) in [6, 6.07) is 11.0. The average Bonchev–Trinajstić information content (AvgIpc) is 2.29. The van der Waals surface area contributed by atoms with Crippen molar-refractivity contribution in [3.63, 3.8) is 0 Å². The summed E-state index contributed by atoms with van der Waals surface area (Å²) in [6.45, 7) is 0. The number of nitrogens with zero attached hydrogens (tertiary/aromatic N) is 2. The fourth-order valence-corrected chi connectivity index (χ4v) is 1.89. The largest absolute Gasteiger partial charge is 0.269 e. The molecule has 3 nitrogen and oxygen atoms in total. The Hall–Kier alpha value is -1.55. The highest BCUT2D eigenvalue weighted by atomic mass is 32.2. The van der Waals surface area contributed by atoms with Crippen molar-refractivity contribution < 1.29 is 0 Å². The number of hydrogen-bond donors (Lipinski definition) is 0. The molecule has 1 aromatic heterocycles. The first-order valence-corrected chi connectivity index (χ1v) is 5.73. The fraction of sp³-hybridized carbons (Fsp3) is 0.0909. The Balaban J connectivity index is 2.67. The third-order valence-corrected chi connectivity index (χ3v) is 2.66. The third-order valence-electron chi connectivity index (χ3n) is 2.01. The van der Waals surface area contributed by atoms with Crippen LogP contribution in [0.25, 0.3) is 5.69 Å². The smallest absolute Gasteiger partial charge is 0.258 e. The minimum atomic E-state index is -0.0550. The van der Waals surface area contributed by atoms with Crippen LogP contribution in [0, 0.1) is 0 Å². The quantitative estimate of drug-likeness (QED) is 0.571. The number of hydrogen-bond acceptors (Lipinski definition) is 3. The normalized spacial score (nSPS) is 10.2. The monoisotopic (exact) mass is 218 g/mol. The van der Waals surface area contributed by atoms with E-state index in [9.17, 15) is 4.79 Å². The van der Waals surface area contributed by atoms with Gasteiger partial charge in [0.1, 0.15) is 0 Å². The lowest BCUT2D eigenvalue weighted by Crippen LogP contribution is -2.19. The number of thioether (sulfide) groups is 1. The van der Waals surface area contributed by atoms with Crippen LogP contribution in [0.15, 0.2) is 52.5 Å². The topological polar surface area (TPSA) is 34.9 Å². The molecule has 0 N–H and O–H groups in total. The lowest BCUT2D eigenvalue weighted by Gasteiger charge is -2.08. The van der Waals surface area contributed by atoms with Gasteiger partial charge < -0.3 is 0 Å². The molecule has 0 unspecified atom stereocenters. The molecule has 0 bridgehead atoms. The Morgan fingerprint density at radius 2 is 1.93 bits per heavy atom. The average molecular weight is 218 g/mol. The van der Waals surface area contributed by atoms with Gasteiger partial charge >= 0.3 is 0 Å². The standard InChI is InChI=1S/C11H10N2OS/c1-15-11-12-8-7-10(14)13(11)9-5-3-2-4-6-9/h2-8H,1H3. The van der Waals surface area contributed by atoms with Gasteiger partial charge in [0.15, 0.2) is 5.16 Å². The molecule has 0 radical (unpaired) electrons. The van der Waals surface area contributed by atoms with E-state index in [1.54, 1.807) is 4.57 Å². The Labute approximate surface area is 91.8 Å². The lowest BCUT2D eigenvalue weighted by atomic mass is 10.3. The SMILES string of the molecule is CSc1nccc(=O)n1-c1ccccc1. The summed E-state index contributed by atoms with van der Waals surface area (Å²) in [7, 11) is 0. The lowest BCUT2D eigenvalue weighted by molar-refractivity contribution is 0.797. The van der Waals surface area contributed by atoms with Crippen molar-refractivity contribution in [1.29, 1.82) is 0 Å². The van der Waals surface area contributed by atoms with Crippen LogP contribution < -0.4 is 5.56 Å². The molecule has 76 valence electrons. The van der Waals surface area contributed by atoms with Crippen molar-refractivity contribution in [3.05, 3.63) is 52.9 Å².